The highest BCUT2D eigenvalue weighted by Gasteiger charge is 2.10. The number of esters is 1. The Morgan fingerprint density at radius 1 is 0.737 bits per heavy atom. The van der Waals surface area contributed by atoms with E-state index in [2.05, 4.69) is 17.5 Å². The van der Waals surface area contributed by atoms with E-state index in [0.717, 1.165) is 24.0 Å². The normalized spacial score (nSPS) is 11.1. The molecule has 0 aromatic heterocycles. The van der Waals surface area contributed by atoms with Crippen LogP contribution in [0.15, 0.2) is 53.6 Å². The summed E-state index contributed by atoms with van der Waals surface area (Å²) in [6.07, 6.45) is 21.8. The largest absolute Gasteiger partial charge is 0.423 e. The highest BCUT2D eigenvalue weighted by Crippen LogP contribution is 2.16. The number of amides is 1. The van der Waals surface area contributed by atoms with Crippen molar-refractivity contribution < 1.29 is 14.3 Å². The number of nitrogens with zero attached hydrogens (tertiary/aromatic N) is 1. The van der Waals surface area contributed by atoms with Crippen LogP contribution in [-0.4, -0.2) is 18.1 Å². The van der Waals surface area contributed by atoms with Crippen LogP contribution in [0.3, 0.4) is 0 Å². The molecular formula is C33H48N2O3. The Morgan fingerprint density at radius 2 is 1.26 bits per heavy atom. The van der Waals surface area contributed by atoms with Gasteiger partial charge >= 0.3 is 5.97 Å². The molecule has 0 spiro atoms. The van der Waals surface area contributed by atoms with Crippen LogP contribution in [0.5, 0.6) is 5.75 Å². The molecule has 2 aromatic carbocycles. The van der Waals surface area contributed by atoms with Crippen molar-refractivity contribution in [3.8, 4) is 5.75 Å². The molecule has 0 bridgehead atoms. The van der Waals surface area contributed by atoms with E-state index >= 15 is 0 Å². The maximum Gasteiger partial charge on any atom is 0.343 e. The maximum absolute atomic E-state index is 12.3. The van der Waals surface area contributed by atoms with Crippen molar-refractivity contribution in [2.45, 2.75) is 117 Å². The van der Waals surface area contributed by atoms with E-state index in [1.165, 1.54) is 83.5 Å². The third-order valence-corrected chi connectivity index (χ3v) is 6.87. The molecule has 0 heterocycles. The molecular weight excluding hydrogens is 472 g/mol. The zero-order valence-corrected chi connectivity index (χ0v) is 23.7. The first-order valence-corrected chi connectivity index (χ1v) is 14.8. The number of carbonyl (C=O) groups is 2. The minimum Gasteiger partial charge on any atom is -0.423 e. The number of rotatable bonds is 20. The minimum atomic E-state index is -0.379. The smallest absolute Gasteiger partial charge is 0.343 e. The lowest BCUT2D eigenvalue weighted by Gasteiger charge is -2.06. The van der Waals surface area contributed by atoms with Crippen molar-refractivity contribution in [1.29, 1.82) is 0 Å². The van der Waals surface area contributed by atoms with Crippen LogP contribution in [0.25, 0.3) is 0 Å². The number of aryl methyl sites for hydroxylation is 1. The van der Waals surface area contributed by atoms with Crippen LogP contribution >= 0.6 is 0 Å². The van der Waals surface area contributed by atoms with E-state index in [1.807, 2.05) is 25.1 Å². The van der Waals surface area contributed by atoms with Gasteiger partial charge < -0.3 is 4.74 Å². The van der Waals surface area contributed by atoms with Crippen LogP contribution in [0, 0.1) is 6.92 Å². The third-order valence-electron chi connectivity index (χ3n) is 6.87. The summed E-state index contributed by atoms with van der Waals surface area (Å²) in [4.78, 5) is 24.3. The molecule has 0 aliphatic rings. The third kappa shape index (κ3) is 14.1. The number of carbonyl (C=O) groups excluding carboxylic acids is 2. The molecule has 1 N–H and O–H groups in total. The number of hydrogen-bond donors (Lipinski definition) is 1. The Kier molecular flexibility index (Phi) is 16.5. The van der Waals surface area contributed by atoms with Crippen LogP contribution in [0.4, 0.5) is 0 Å². The predicted octanol–water partition coefficient (Wildman–Crippen LogP) is 8.93. The molecule has 5 nitrogen and oxygen atoms in total. The SMILES string of the molecule is CCCCCCCCCCCCCCCCCC(=O)NN=Cc1ccc(OC(=O)c2ccccc2C)cc1. The fraction of sp³-hybridized carbons (Fsp3) is 0.545. The average molecular weight is 521 g/mol. The molecule has 0 fully saturated rings. The Bertz CT molecular complexity index is 953. The van der Waals surface area contributed by atoms with Gasteiger partial charge in [-0.15, -0.1) is 0 Å². The summed E-state index contributed by atoms with van der Waals surface area (Å²) in [5.74, 6) is 0.0305. The second-order valence-corrected chi connectivity index (χ2v) is 10.3. The first-order valence-electron chi connectivity index (χ1n) is 14.8. The second-order valence-electron chi connectivity index (χ2n) is 10.3. The zero-order valence-electron chi connectivity index (χ0n) is 23.7. The summed E-state index contributed by atoms with van der Waals surface area (Å²) < 4.78 is 5.44. The fourth-order valence-electron chi connectivity index (χ4n) is 4.48. The van der Waals surface area contributed by atoms with Gasteiger partial charge in [0.2, 0.25) is 5.91 Å². The monoisotopic (exact) mass is 520 g/mol. The van der Waals surface area contributed by atoms with Gasteiger partial charge in [-0.1, -0.05) is 115 Å². The number of unbranched alkanes of at least 4 members (excludes halogenated alkanes) is 14. The van der Waals surface area contributed by atoms with Crippen LogP contribution < -0.4 is 10.2 Å². The van der Waals surface area contributed by atoms with E-state index in [4.69, 9.17) is 4.74 Å². The standard InChI is InChI=1S/C33H48N2O3/c1-3-4-5-6-7-8-9-10-11-12-13-14-15-16-17-22-32(36)35-34-27-29-23-25-30(26-24-29)38-33(37)31-21-19-18-20-28(31)2/h18-21,23-27H,3-17,22H2,1-2H3,(H,35,36). The van der Waals surface area contributed by atoms with Gasteiger partial charge in [0.1, 0.15) is 5.75 Å². The molecule has 0 saturated heterocycles. The highest BCUT2D eigenvalue weighted by atomic mass is 16.5. The quantitative estimate of drug-likeness (QED) is 0.0623. The Labute approximate surface area is 230 Å². The fourth-order valence-corrected chi connectivity index (χ4v) is 4.48. The van der Waals surface area contributed by atoms with Gasteiger partial charge in [-0.3, -0.25) is 4.79 Å². The van der Waals surface area contributed by atoms with E-state index in [1.54, 1.807) is 36.5 Å². The van der Waals surface area contributed by atoms with Crippen molar-refractivity contribution >= 4 is 18.1 Å². The number of hydrazone groups is 1. The number of hydrogen-bond acceptors (Lipinski definition) is 4. The summed E-state index contributed by atoms with van der Waals surface area (Å²) in [6.45, 7) is 4.15. The molecule has 2 aromatic rings. The molecule has 0 aliphatic carbocycles. The van der Waals surface area contributed by atoms with Gasteiger partial charge in [-0.2, -0.15) is 5.10 Å². The Balaban J connectivity index is 1.46. The molecule has 208 valence electrons. The molecule has 0 radical (unpaired) electrons. The van der Waals surface area contributed by atoms with Gasteiger partial charge in [0.05, 0.1) is 11.8 Å². The van der Waals surface area contributed by atoms with Crippen molar-refractivity contribution in [2.75, 3.05) is 0 Å². The van der Waals surface area contributed by atoms with Gasteiger partial charge in [-0.05, 0) is 54.8 Å². The van der Waals surface area contributed by atoms with Crippen molar-refractivity contribution in [2.24, 2.45) is 5.10 Å². The van der Waals surface area contributed by atoms with E-state index in [9.17, 15) is 9.59 Å². The average Bonchev–Trinajstić information content (AvgIpc) is 2.92. The molecule has 0 unspecified atom stereocenters. The van der Waals surface area contributed by atoms with Crippen LogP contribution in [0.1, 0.15) is 131 Å². The van der Waals surface area contributed by atoms with Gasteiger partial charge in [0.15, 0.2) is 0 Å². The first kappa shape index (κ1) is 31.3. The van der Waals surface area contributed by atoms with Crippen LogP contribution in [0.2, 0.25) is 0 Å². The van der Waals surface area contributed by atoms with Gasteiger partial charge in [0, 0.05) is 6.42 Å². The van der Waals surface area contributed by atoms with E-state index in [-0.39, 0.29) is 11.9 Å². The minimum absolute atomic E-state index is 0.0558. The van der Waals surface area contributed by atoms with Crippen LogP contribution in [-0.2, 0) is 4.79 Å². The Morgan fingerprint density at radius 3 is 1.82 bits per heavy atom. The Hall–Kier alpha value is -2.95. The summed E-state index contributed by atoms with van der Waals surface area (Å²) in [6, 6.07) is 14.4. The van der Waals surface area contributed by atoms with Crippen molar-refractivity contribution in [3.05, 3.63) is 65.2 Å². The lowest BCUT2D eigenvalue weighted by atomic mass is 10.0. The first-order chi connectivity index (χ1) is 18.6. The van der Waals surface area contributed by atoms with E-state index < -0.39 is 0 Å². The van der Waals surface area contributed by atoms with Gasteiger partial charge in [-0.25, -0.2) is 10.2 Å². The summed E-state index contributed by atoms with van der Waals surface area (Å²) in [5.41, 5.74) is 4.84. The molecule has 0 aliphatic heterocycles. The maximum atomic E-state index is 12.3. The lowest BCUT2D eigenvalue weighted by Crippen LogP contribution is -2.16. The summed E-state index contributed by atoms with van der Waals surface area (Å²) >= 11 is 0. The number of benzene rings is 2. The topological polar surface area (TPSA) is 67.8 Å². The highest BCUT2D eigenvalue weighted by molar-refractivity contribution is 5.92. The lowest BCUT2D eigenvalue weighted by molar-refractivity contribution is -0.121. The van der Waals surface area contributed by atoms with Gasteiger partial charge in [0.25, 0.3) is 0 Å². The molecule has 0 saturated carbocycles. The molecule has 38 heavy (non-hydrogen) atoms. The van der Waals surface area contributed by atoms with Crippen molar-refractivity contribution in [3.63, 3.8) is 0 Å². The molecule has 2 rings (SSSR count). The molecule has 1 amide bonds. The number of nitrogens with one attached hydrogen (secondary N) is 1. The molecule has 5 heteroatoms. The van der Waals surface area contributed by atoms with E-state index in [0.29, 0.717) is 17.7 Å². The summed E-state index contributed by atoms with van der Waals surface area (Å²) in [7, 11) is 0. The number of ether oxygens (including phenoxy) is 1. The second kappa shape index (κ2) is 20.1. The molecule has 0 atom stereocenters. The zero-order chi connectivity index (χ0) is 27.3. The van der Waals surface area contributed by atoms with Crippen molar-refractivity contribution in [1.82, 2.24) is 5.43 Å². The predicted molar refractivity (Wildman–Crippen MR) is 158 cm³/mol. The summed E-state index contributed by atoms with van der Waals surface area (Å²) in [5, 5.41) is 4.05.